The number of nitrogens with one attached hydrogen (secondary N) is 2. The normalized spacial score (nSPS) is 19.8. The Morgan fingerprint density at radius 1 is 0.929 bits per heavy atom. The second-order valence-corrected chi connectivity index (χ2v) is 11.7. The van der Waals surface area contributed by atoms with E-state index in [1.165, 1.54) is 28.8 Å². The zero-order valence-corrected chi connectivity index (χ0v) is 23.0. The van der Waals surface area contributed by atoms with Gasteiger partial charge in [0.1, 0.15) is 11.0 Å². The van der Waals surface area contributed by atoms with Crippen LogP contribution in [0.3, 0.4) is 0 Å². The Bertz CT molecular complexity index is 1740. The molecule has 0 radical (unpaired) electrons. The van der Waals surface area contributed by atoms with Crippen LogP contribution in [0.5, 0.6) is 5.75 Å². The quantitative estimate of drug-likeness (QED) is 0.288. The molecule has 4 aromatic rings. The van der Waals surface area contributed by atoms with E-state index in [2.05, 4.69) is 10.3 Å². The van der Waals surface area contributed by atoms with Crippen molar-refractivity contribution < 1.29 is 32.3 Å². The van der Waals surface area contributed by atoms with Gasteiger partial charge in [-0.1, -0.05) is 65.6 Å². The van der Waals surface area contributed by atoms with Crippen molar-refractivity contribution in [2.45, 2.75) is 22.4 Å². The molecule has 3 heterocycles. The monoisotopic (exact) mass is 611 g/mol. The minimum Gasteiger partial charge on any atom is -0.484 e. The Hall–Kier alpha value is -4.36. The molecule has 0 unspecified atom stereocenters. The Morgan fingerprint density at radius 3 is 2.33 bits per heavy atom. The summed E-state index contributed by atoms with van der Waals surface area (Å²) in [6, 6.07) is 19.8. The lowest BCUT2D eigenvalue weighted by molar-refractivity contribution is -0.137. The molecule has 42 heavy (non-hydrogen) atoms. The molecule has 1 aromatic heterocycles. The number of ether oxygens (including phenoxy) is 1. The summed E-state index contributed by atoms with van der Waals surface area (Å²) in [7, 11) is 0. The number of aromatic amines is 1. The Labute approximate surface area is 244 Å². The average Bonchev–Trinajstić information content (AvgIpc) is 3.46. The third-order valence-electron chi connectivity index (χ3n) is 6.95. The number of alkyl halides is 3. The zero-order valence-electron chi connectivity index (χ0n) is 21.4. The zero-order chi connectivity index (χ0) is 29.6. The fraction of sp³-hybridized carbons (Fsp3) is 0.172. The summed E-state index contributed by atoms with van der Waals surface area (Å²) >= 11 is 2.16. The number of thioether (sulfide) groups is 1. The molecule has 0 aliphatic carbocycles. The number of carbonyl (C=O) groups excluding carboxylic acids is 3. The van der Waals surface area contributed by atoms with Gasteiger partial charge >= 0.3 is 11.0 Å². The van der Waals surface area contributed by atoms with Crippen molar-refractivity contribution in [2.24, 2.45) is 5.92 Å². The number of hydrogen-bond donors (Lipinski definition) is 2. The molecule has 3 aromatic carbocycles. The van der Waals surface area contributed by atoms with Crippen molar-refractivity contribution in [1.82, 2.24) is 4.98 Å². The van der Waals surface area contributed by atoms with Gasteiger partial charge in [-0.05, 0) is 42.0 Å². The highest BCUT2D eigenvalue weighted by atomic mass is 32.2. The van der Waals surface area contributed by atoms with Crippen LogP contribution in [0.15, 0.2) is 88.7 Å². The highest BCUT2D eigenvalue weighted by Crippen LogP contribution is 2.53. The van der Waals surface area contributed by atoms with Crippen molar-refractivity contribution in [2.75, 3.05) is 16.8 Å². The standard InChI is InChI=1S/C29H20F3N3O5S2/c30-29(31,32)18-8-4-5-9-19(18)33-20(36)14-40-17-12-10-15(11-13-17)21-22-24(41-25-23(21)42-28(39)34-25)27(38)35(26(22)37)16-6-2-1-3-7-16/h1-13,21-22,24H,14H2,(H,33,36)(H,34,39)/t21-,22-,24+/m0/s1. The molecule has 1 fully saturated rings. The lowest BCUT2D eigenvalue weighted by Gasteiger charge is -2.29. The van der Waals surface area contributed by atoms with Gasteiger partial charge < -0.3 is 15.0 Å². The SMILES string of the molecule is O=C(COc1ccc([C@@H]2c3sc(=O)[nH]c3S[C@H]3C(=O)N(c4ccccc4)C(=O)[C@@H]23)cc1)Nc1ccccc1C(F)(F)F. The van der Waals surface area contributed by atoms with Crippen LogP contribution in [0, 0.1) is 5.92 Å². The van der Waals surface area contributed by atoms with E-state index in [4.69, 9.17) is 4.74 Å². The topological polar surface area (TPSA) is 109 Å². The predicted molar refractivity (Wildman–Crippen MR) is 151 cm³/mol. The first-order valence-electron chi connectivity index (χ1n) is 12.6. The smallest absolute Gasteiger partial charge is 0.418 e. The van der Waals surface area contributed by atoms with Crippen molar-refractivity contribution >= 4 is 52.2 Å². The third kappa shape index (κ3) is 5.09. The fourth-order valence-corrected chi connectivity index (χ4v) is 7.67. The van der Waals surface area contributed by atoms with E-state index in [1.807, 2.05) is 0 Å². The van der Waals surface area contributed by atoms with Crippen LogP contribution in [0.1, 0.15) is 21.9 Å². The van der Waals surface area contributed by atoms with Crippen LogP contribution in [0.2, 0.25) is 0 Å². The summed E-state index contributed by atoms with van der Waals surface area (Å²) in [4.78, 5) is 56.1. The number of carbonyl (C=O) groups is 3. The maximum absolute atomic E-state index is 13.7. The number of thiazole rings is 1. The maximum Gasteiger partial charge on any atom is 0.418 e. The predicted octanol–water partition coefficient (Wildman–Crippen LogP) is 5.27. The summed E-state index contributed by atoms with van der Waals surface area (Å²) in [6.45, 7) is -0.543. The summed E-state index contributed by atoms with van der Waals surface area (Å²) < 4.78 is 45.2. The van der Waals surface area contributed by atoms with E-state index < -0.39 is 41.3 Å². The van der Waals surface area contributed by atoms with Crippen molar-refractivity contribution in [3.05, 3.63) is 105 Å². The first-order valence-corrected chi connectivity index (χ1v) is 14.3. The van der Waals surface area contributed by atoms with Crippen molar-refractivity contribution in [3.8, 4) is 5.75 Å². The highest BCUT2D eigenvalue weighted by molar-refractivity contribution is 8.00. The van der Waals surface area contributed by atoms with Gasteiger partial charge in [0.15, 0.2) is 6.61 Å². The van der Waals surface area contributed by atoms with Crippen molar-refractivity contribution in [3.63, 3.8) is 0 Å². The van der Waals surface area contributed by atoms with E-state index in [9.17, 15) is 32.3 Å². The second kappa shape index (κ2) is 10.8. The largest absolute Gasteiger partial charge is 0.484 e. The number of nitrogens with zero attached hydrogens (tertiary/aromatic N) is 1. The number of imide groups is 1. The Morgan fingerprint density at radius 2 is 1.62 bits per heavy atom. The summed E-state index contributed by atoms with van der Waals surface area (Å²) in [5.74, 6) is -2.58. The van der Waals surface area contributed by atoms with Gasteiger partial charge in [-0.25, -0.2) is 4.90 Å². The number of hydrogen-bond acceptors (Lipinski definition) is 7. The summed E-state index contributed by atoms with van der Waals surface area (Å²) in [5.41, 5.74) is -0.212. The van der Waals surface area contributed by atoms with Gasteiger partial charge in [0.2, 0.25) is 11.8 Å². The van der Waals surface area contributed by atoms with Gasteiger partial charge in [-0.15, -0.1) is 0 Å². The molecule has 6 rings (SSSR count). The van der Waals surface area contributed by atoms with Crippen LogP contribution in [0.25, 0.3) is 0 Å². The molecular formula is C29H20F3N3O5S2. The molecule has 0 spiro atoms. The number of para-hydroxylation sites is 2. The van der Waals surface area contributed by atoms with Gasteiger partial charge in [0, 0.05) is 10.8 Å². The highest BCUT2D eigenvalue weighted by Gasteiger charge is 2.56. The van der Waals surface area contributed by atoms with Crippen LogP contribution in [-0.4, -0.2) is 34.6 Å². The van der Waals surface area contributed by atoms with E-state index >= 15 is 0 Å². The summed E-state index contributed by atoms with van der Waals surface area (Å²) in [6.07, 6.45) is -4.63. The molecule has 0 bridgehead atoms. The number of fused-ring (bicyclic) bond motifs is 2. The van der Waals surface area contributed by atoms with Crippen LogP contribution in [-0.2, 0) is 20.6 Å². The van der Waals surface area contributed by atoms with E-state index in [0.717, 1.165) is 23.5 Å². The molecule has 8 nitrogen and oxygen atoms in total. The van der Waals surface area contributed by atoms with Crippen LogP contribution < -0.4 is 19.8 Å². The lowest BCUT2D eigenvalue weighted by atomic mass is 9.83. The Balaban J connectivity index is 1.22. The number of anilines is 2. The number of amides is 3. The van der Waals surface area contributed by atoms with E-state index in [1.54, 1.807) is 54.6 Å². The van der Waals surface area contributed by atoms with Gasteiger partial charge in [-0.3, -0.25) is 19.2 Å². The van der Waals surface area contributed by atoms with E-state index in [-0.39, 0.29) is 28.1 Å². The van der Waals surface area contributed by atoms with Crippen molar-refractivity contribution in [1.29, 1.82) is 0 Å². The van der Waals surface area contributed by atoms with Gasteiger partial charge in [0.05, 0.1) is 27.9 Å². The lowest BCUT2D eigenvalue weighted by Crippen LogP contribution is -2.32. The molecular weight excluding hydrogens is 591 g/mol. The number of aromatic nitrogens is 1. The molecule has 3 amide bonds. The fourth-order valence-electron chi connectivity index (χ4n) is 5.15. The minimum atomic E-state index is -4.63. The molecule has 2 aliphatic rings. The first kappa shape index (κ1) is 27.8. The molecule has 1 saturated heterocycles. The number of benzene rings is 3. The van der Waals surface area contributed by atoms with Crippen LogP contribution in [0.4, 0.5) is 24.5 Å². The number of rotatable bonds is 6. The van der Waals surface area contributed by atoms with Gasteiger partial charge in [0.25, 0.3) is 5.91 Å². The number of H-pyrrole nitrogens is 1. The maximum atomic E-state index is 13.7. The molecule has 214 valence electrons. The summed E-state index contributed by atoms with van der Waals surface area (Å²) in [5, 5.41) is 2.03. The third-order valence-corrected chi connectivity index (χ3v) is 9.36. The van der Waals surface area contributed by atoms with Crippen LogP contribution >= 0.6 is 23.1 Å². The second-order valence-electron chi connectivity index (χ2n) is 9.55. The molecule has 2 aliphatic heterocycles. The average molecular weight is 612 g/mol. The molecule has 2 N–H and O–H groups in total. The molecule has 3 atom stereocenters. The number of halogens is 3. The molecule has 13 heteroatoms. The first-order chi connectivity index (χ1) is 20.1. The van der Waals surface area contributed by atoms with E-state index in [0.29, 0.717) is 21.2 Å². The Kier molecular flexibility index (Phi) is 7.15. The molecule has 0 saturated carbocycles. The minimum absolute atomic E-state index is 0.266. The van der Waals surface area contributed by atoms with Gasteiger partial charge in [-0.2, -0.15) is 13.2 Å².